The topological polar surface area (TPSA) is 101 Å². The SMILES string of the molecule is COC(=O)/C=C/CBr.COC(=O)/C=C/CN=[N+]=[N-]. The molecular formula is C10H14BrN3O4. The lowest BCUT2D eigenvalue weighted by molar-refractivity contribution is -0.135. The number of azide groups is 1. The lowest BCUT2D eigenvalue weighted by Crippen LogP contribution is -1.93. The van der Waals surface area contributed by atoms with Crippen LogP contribution in [0.3, 0.4) is 0 Å². The molecule has 0 aromatic heterocycles. The summed E-state index contributed by atoms with van der Waals surface area (Å²) in [5.41, 5.74) is 7.80. The van der Waals surface area contributed by atoms with Crippen molar-refractivity contribution in [1.82, 2.24) is 0 Å². The summed E-state index contributed by atoms with van der Waals surface area (Å²) in [4.78, 5) is 23.1. The zero-order valence-corrected chi connectivity index (χ0v) is 11.7. The van der Waals surface area contributed by atoms with E-state index in [4.69, 9.17) is 5.53 Å². The average molecular weight is 320 g/mol. The Bertz CT molecular complexity index is 349. The average Bonchev–Trinajstić information content (AvgIpc) is 2.41. The Morgan fingerprint density at radius 2 is 1.72 bits per heavy atom. The molecule has 0 aliphatic rings. The minimum atomic E-state index is -0.451. The molecule has 0 saturated carbocycles. The Morgan fingerprint density at radius 1 is 1.22 bits per heavy atom. The summed E-state index contributed by atoms with van der Waals surface area (Å²) in [6.45, 7) is 0.172. The third kappa shape index (κ3) is 16.6. The van der Waals surface area contributed by atoms with Crippen LogP contribution in [0.2, 0.25) is 0 Å². The first-order valence-electron chi connectivity index (χ1n) is 4.68. The van der Waals surface area contributed by atoms with Gasteiger partial charge in [-0.3, -0.25) is 0 Å². The zero-order valence-electron chi connectivity index (χ0n) is 10.1. The molecule has 0 aliphatic heterocycles. The highest BCUT2D eigenvalue weighted by Gasteiger charge is 1.87. The maximum Gasteiger partial charge on any atom is 0.330 e. The zero-order chi connectivity index (χ0) is 14.2. The van der Waals surface area contributed by atoms with E-state index in [1.54, 1.807) is 6.08 Å². The van der Waals surface area contributed by atoms with Crippen molar-refractivity contribution in [2.45, 2.75) is 0 Å². The fraction of sp³-hybridized carbons (Fsp3) is 0.400. The van der Waals surface area contributed by atoms with Gasteiger partial charge in [0, 0.05) is 28.9 Å². The number of alkyl halides is 1. The number of carbonyl (C=O) groups is 2. The van der Waals surface area contributed by atoms with E-state index < -0.39 is 5.97 Å². The summed E-state index contributed by atoms with van der Waals surface area (Å²) in [7, 11) is 2.63. The van der Waals surface area contributed by atoms with Crippen molar-refractivity contribution >= 4 is 27.9 Å². The first-order valence-corrected chi connectivity index (χ1v) is 5.80. The minimum absolute atomic E-state index is 0.172. The van der Waals surface area contributed by atoms with Crippen LogP contribution in [0.1, 0.15) is 0 Å². The fourth-order valence-electron chi connectivity index (χ4n) is 0.509. The summed E-state index contributed by atoms with van der Waals surface area (Å²) in [5, 5.41) is 3.85. The normalized spacial score (nSPS) is 9.28. The molecule has 0 saturated heterocycles. The van der Waals surface area contributed by atoms with Gasteiger partial charge < -0.3 is 9.47 Å². The molecule has 18 heavy (non-hydrogen) atoms. The Morgan fingerprint density at radius 3 is 2.11 bits per heavy atom. The number of halogens is 1. The quantitative estimate of drug-likeness (QED) is 0.193. The van der Waals surface area contributed by atoms with Crippen LogP contribution in [-0.4, -0.2) is 38.0 Å². The van der Waals surface area contributed by atoms with Crippen LogP contribution in [0.5, 0.6) is 0 Å². The van der Waals surface area contributed by atoms with Crippen LogP contribution in [-0.2, 0) is 19.1 Å². The van der Waals surface area contributed by atoms with Gasteiger partial charge in [0.15, 0.2) is 0 Å². The van der Waals surface area contributed by atoms with Gasteiger partial charge in [0.25, 0.3) is 0 Å². The van der Waals surface area contributed by atoms with Crippen LogP contribution >= 0.6 is 15.9 Å². The Balaban J connectivity index is 0. The van der Waals surface area contributed by atoms with Crippen LogP contribution in [0.4, 0.5) is 0 Å². The number of methoxy groups -OCH3 is 2. The predicted octanol–water partition coefficient (Wildman–Crippen LogP) is 2.14. The molecule has 0 N–H and O–H groups in total. The van der Waals surface area contributed by atoms with Gasteiger partial charge in [-0.15, -0.1) is 0 Å². The summed E-state index contributed by atoms with van der Waals surface area (Å²) in [6, 6.07) is 0. The number of hydrogen-bond acceptors (Lipinski definition) is 5. The molecule has 0 bridgehead atoms. The summed E-state index contributed by atoms with van der Waals surface area (Å²) in [6.07, 6.45) is 5.67. The number of carbonyl (C=O) groups excluding carboxylic acids is 2. The van der Waals surface area contributed by atoms with Crippen molar-refractivity contribution in [3.05, 3.63) is 34.7 Å². The lowest BCUT2D eigenvalue weighted by atomic mass is 10.5. The molecule has 0 fully saturated rings. The van der Waals surface area contributed by atoms with Crippen molar-refractivity contribution in [3.63, 3.8) is 0 Å². The van der Waals surface area contributed by atoms with Gasteiger partial charge in [0.2, 0.25) is 0 Å². The van der Waals surface area contributed by atoms with Gasteiger partial charge in [-0.25, -0.2) is 9.59 Å². The van der Waals surface area contributed by atoms with E-state index in [-0.39, 0.29) is 12.5 Å². The molecule has 0 aliphatic carbocycles. The number of ether oxygens (including phenoxy) is 2. The molecule has 0 spiro atoms. The van der Waals surface area contributed by atoms with E-state index >= 15 is 0 Å². The number of esters is 2. The maximum atomic E-state index is 10.3. The van der Waals surface area contributed by atoms with Crippen LogP contribution in [0, 0.1) is 0 Å². The minimum Gasteiger partial charge on any atom is -0.466 e. The van der Waals surface area contributed by atoms with Crippen molar-refractivity contribution in [2.75, 3.05) is 26.1 Å². The molecule has 0 unspecified atom stereocenters. The summed E-state index contributed by atoms with van der Waals surface area (Å²) in [5.74, 6) is -0.766. The molecule has 100 valence electrons. The number of hydrogen-bond donors (Lipinski definition) is 0. The Labute approximate surface area is 113 Å². The molecule has 0 rings (SSSR count). The fourth-order valence-corrected chi connectivity index (χ4v) is 0.696. The molecule has 0 atom stereocenters. The largest absolute Gasteiger partial charge is 0.466 e. The summed E-state index contributed by atoms with van der Waals surface area (Å²) < 4.78 is 8.58. The van der Waals surface area contributed by atoms with Crippen molar-refractivity contribution in [3.8, 4) is 0 Å². The smallest absolute Gasteiger partial charge is 0.330 e. The van der Waals surface area contributed by atoms with E-state index in [2.05, 4.69) is 35.4 Å². The van der Waals surface area contributed by atoms with E-state index in [9.17, 15) is 9.59 Å². The third-order valence-corrected chi connectivity index (χ3v) is 1.62. The highest BCUT2D eigenvalue weighted by atomic mass is 79.9. The van der Waals surface area contributed by atoms with Gasteiger partial charge >= 0.3 is 11.9 Å². The molecule has 0 aromatic carbocycles. The molecule has 0 aromatic rings. The first kappa shape index (κ1) is 18.6. The van der Waals surface area contributed by atoms with E-state index in [1.807, 2.05) is 0 Å². The van der Waals surface area contributed by atoms with Gasteiger partial charge in [-0.1, -0.05) is 33.2 Å². The van der Waals surface area contributed by atoms with E-state index in [0.717, 1.165) is 0 Å². The molecule has 0 amide bonds. The van der Waals surface area contributed by atoms with Crippen molar-refractivity contribution in [2.24, 2.45) is 5.11 Å². The Kier molecular flexibility index (Phi) is 15.7. The highest BCUT2D eigenvalue weighted by Crippen LogP contribution is 1.82. The number of rotatable bonds is 5. The maximum absolute atomic E-state index is 10.3. The van der Waals surface area contributed by atoms with Gasteiger partial charge in [-0.2, -0.15) is 0 Å². The van der Waals surface area contributed by atoms with Crippen molar-refractivity contribution < 1.29 is 19.1 Å². The summed E-state index contributed by atoms with van der Waals surface area (Å²) >= 11 is 3.11. The van der Waals surface area contributed by atoms with E-state index in [1.165, 1.54) is 32.4 Å². The second-order valence-electron chi connectivity index (χ2n) is 2.42. The van der Waals surface area contributed by atoms with Gasteiger partial charge in [0.1, 0.15) is 0 Å². The predicted molar refractivity (Wildman–Crippen MR) is 70.1 cm³/mol. The monoisotopic (exact) mass is 319 g/mol. The second kappa shape index (κ2) is 15.2. The standard InChI is InChI=1S/C5H7BrO2.C5H7N3O2/c1-8-5(7)3-2-4-6;1-10-5(9)3-2-4-7-8-6/h2-3H,4H2,1H3;2-3H,4H2,1H3/b2*3-2+. The van der Waals surface area contributed by atoms with Gasteiger partial charge in [-0.05, 0) is 5.53 Å². The lowest BCUT2D eigenvalue weighted by Gasteiger charge is -1.86. The second-order valence-corrected chi connectivity index (χ2v) is 3.07. The highest BCUT2D eigenvalue weighted by molar-refractivity contribution is 9.09. The molecule has 8 heteroatoms. The number of allylic oxidation sites excluding steroid dienone is 1. The molecular weight excluding hydrogens is 306 g/mol. The van der Waals surface area contributed by atoms with Crippen molar-refractivity contribution in [1.29, 1.82) is 0 Å². The first-order chi connectivity index (χ1) is 8.62. The number of nitrogens with zero attached hydrogens (tertiary/aromatic N) is 3. The van der Waals surface area contributed by atoms with Crippen LogP contribution < -0.4 is 0 Å². The van der Waals surface area contributed by atoms with Crippen LogP contribution in [0.15, 0.2) is 29.4 Å². The molecule has 0 heterocycles. The molecule has 7 nitrogen and oxygen atoms in total. The van der Waals surface area contributed by atoms with Gasteiger partial charge in [0.05, 0.1) is 14.2 Å². The third-order valence-electron chi connectivity index (χ3n) is 1.25. The molecule has 0 radical (unpaired) electrons. The van der Waals surface area contributed by atoms with E-state index in [0.29, 0.717) is 5.33 Å². The Hall–Kier alpha value is -1.79. The van der Waals surface area contributed by atoms with Crippen LogP contribution in [0.25, 0.3) is 10.4 Å².